The number of hydrogen-bond donors (Lipinski definition) is 0. The molecule has 0 spiro atoms. The summed E-state index contributed by atoms with van der Waals surface area (Å²) < 4.78 is 5.10. The molecule has 2 heterocycles. The average molecular weight is 368 g/mol. The highest BCUT2D eigenvalue weighted by molar-refractivity contribution is 6.39. The van der Waals surface area contributed by atoms with Gasteiger partial charge in [0.05, 0.1) is 22.8 Å². The number of likely N-dealkylation sites (N-methyl/N-ethyl adjacent to an activating group) is 1. The minimum Gasteiger partial charge on any atom is -0.461 e. The van der Waals surface area contributed by atoms with Gasteiger partial charge in [-0.05, 0) is 32.2 Å². The fourth-order valence-corrected chi connectivity index (χ4v) is 3.45. The zero-order valence-corrected chi connectivity index (χ0v) is 15.2. The maximum Gasteiger partial charge on any atom is 0.357 e. The largest absolute Gasteiger partial charge is 0.461 e. The molecule has 0 N–H and O–H groups in total. The van der Waals surface area contributed by atoms with Crippen molar-refractivity contribution in [3.8, 4) is 0 Å². The molecular weight excluding hydrogens is 349 g/mol. The van der Waals surface area contributed by atoms with E-state index in [9.17, 15) is 4.79 Å². The Labute approximate surface area is 151 Å². The molecule has 1 aliphatic rings. The maximum absolute atomic E-state index is 12.2. The highest BCUT2D eigenvalue weighted by Crippen LogP contribution is 2.35. The zero-order valence-electron chi connectivity index (χ0n) is 13.7. The second-order valence-corrected chi connectivity index (χ2v) is 6.66. The number of hydrogen-bond acceptors (Lipinski definition) is 5. The quantitative estimate of drug-likeness (QED) is 0.777. The van der Waals surface area contributed by atoms with Crippen LogP contribution in [0.2, 0.25) is 10.0 Å². The number of esters is 1. The normalized spacial score (nSPS) is 15.8. The Morgan fingerprint density at radius 2 is 1.92 bits per heavy atom. The molecule has 0 aliphatic carbocycles. The molecule has 5 nitrogen and oxygen atoms in total. The van der Waals surface area contributed by atoms with Gasteiger partial charge in [-0.3, -0.25) is 0 Å². The van der Waals surface area contributed by atoms with Gasteiger partial charge in [0, 0.05) is 36.6 Å². The first-order chi connectivity index (χ1) is 11.5. The Kier molecular flexibility index (Phi) is 5.13. The molecule has 1 aromatic carbocycles. The van der Waals surface area contributed by atoms with Crippen LogP contribution in [0.5, 0.6) is 0 Å². The number of aromatic nitrogens is 1. The molecule has 0 saturated carbocycles. The lowest BCUT2D eigenvalue weighted by atomic mass is 10.1. The summed E-state index contributed by atoms with van der Waals surface area (Å²) in [6.07, 6.45) is 0. The fraction of sp³-hybridized carbons (Fsp3) is 0.412. The minimum atomic E-state index is -0.439. The zero-order chi connectivity index (χ0) is 17.3. The van der Waals surface area contributed by atoms with Crippen molar-refractivity contribution in [3.63, 3.8) is 0 Å². The Morgan fingerprint density at radius 1 is 1.21 bits per heavy atom. The Morgan fingerprint density at radius 3 is 2.58 bits per heavy atom. The number of nitrogens with zero attached hydrogens (tertiary/aromatic N) is 3. The number of anilines is 1. The molecule has 3 rings (SSSR count). The monoisotopic (exact) mass is 367 g/mol. The maximum atomic E-state index is 12.2. The second-order valence-electron chi connectivity index (χ2n) is 5.82. The molecule has 0 unspecified atom stereocenters. The Bertz CT molecular complexity index is 774. The number of piperazine rings is 1. The summed E-state index contributed by atoms with van der Waals surface area (Å²) in [5.41, 5.74) is 1.78. The van der Waals surface area contributed by atoms with Crippen LogP contribution < -0.4 is 4.90 Å². The van der Waals surface area contributed by atoms with Crippen molar-refractivity contribution in [3.05, 3.63) is 33.9 Å². The van der Waals surface area contributed by atoms with E-state index >= 15 is 0 Å². The molecular formula is C17H19Cl2N3O2. The summed E-state index contributed by atoms with van der Waals surface area (Å²) in [6.45, 7) is 5.69. The van der Waals surface area contributed by atoms with Crippen molar-refractivity contribution in [1.82, 2.24) is 9.88 Å². The van der Waals surface area contributed by atoms with Crippen LogP contribution in [0.3, 0.4) is 0 Å². The van der Waals surface area contributed by atoms with Gasteiger partial charge in [-0.15, -0.1) is 0 Å². The van der Waals surface area contributed by atoms with E-state index < -0.39 is 5.97 Å². The standard InChI is InChI=1S/C17H19Cl2N3O2/c1-3-24-17(23)14-10-15(22-6-4-21(2)5-7-22)16-12(19)8-11(18)9-13(16)20-14/h8-10H,3-7H2,1-2H3. The first-order valence-electron chi connectivity index (χ1n) is 7.90. The van der Waals surface area contributed by atoms with Crippen LogP contribution in [-0.2, 0) is 4.74 Å². The lowest BCUT2D eigenvalue weighted by Gasteiger charge is -2.35. The van der Waals surface area contributed by atoms with Crippen molar-refractivity contribution < 1.29 is 9.53 Å². The number of rotatable bonds is 3. The van der Waals surface area contributed by atoms with Crippen molar-refractivity contribution >= 4 is 45.8 Å². The molecule has 0 amide bonds. The number of halogens is 2. The van der Waals surface area contributed by atoms with E-state index in [1.165, 1.54) is 0 Å². The molecule has 128 valence electrons. The number of fused-ring (bicyclic) bond motifs is 1. The van der Waals surface area contributed by atoms with Crippen LogP contribution in [0.15, 0.2) is 18.2 Å². The summed E-state index contributed by atoms with van der Waals surface area (Å²) in [4.78, 5) is 21.1. The molecule has 2 aromatic rings. The number of pyridine rings is 1. The molecule has 1 aliphatic heterocycles. The average Bonchev–Trinajstić information content (AvgIpc) is 2.54. The summed E-state index contributed by atoms with van der Waals surface area (Å²) in [6, 6.07) is 5.20. The SMILES string of the molecule is CCOC(=O)c1cc(N2CCN(C)CC2)c2c(Cl)cc(Cl)cc2n1. The number of carbonyl (C=O) groups is 1. The predicted molar refractivity (Wildman–Crippen MR) is 97.4 cm³/mol. The number of benzene rings is 1. The van der Waals surface area contributed by atoms with Crippen molar-refractivity contribution in [2.75, 3.05) is 44.7 Å². The molecule has 0 bridgehead atoms. The van der Waals surface area contributed by atoms with E-state index in [0.29, 0.717) is 22.2 Å². The van der Waals surface area contributed by atoms with Gasteiger partial charge in [0.2, 0.25) is 0 Å². The van der Waals surface area contributed by atoms with E-state index in [1.807, 2.05) is 0 Å². The summed E-state index contributed by atoms with van der Waals surface area (Å²) in [5.74, 6) is -0.439. The number of ether oxygens (including phenoxy) is 1. The third-order valence-corrected chi connectivity index (χ3v) is 4.65. The lowest BCUT2D eigenvalue weighted by Crippen LogP contribution is -2.44. The van der Waals surface area contributed by atoms with Gasteiger partial charge in [-0.25, -0.2) is 9.78 Å². The molecule has 0 atom stereocenters. The Balaban J connectivity index is 2.15. The van der Waals surface area contributed by atoms with Gasteiger partial charge in [-0.2, -0.15) is 0 Å². The predicted octanol–water partition coefficient (Wildman–Crippen LogP) is 3.47. The molecule has 1 aromatic heterocycles. The Hall–Kier alpha value is -1.56. The van der Waals surface area contributed by atoms with Gasteiger partial charge in [0.15, 0.2) is 5.69 Å². The van der Waals surface area contributed by atoms with Crippen LogP contribution in [0.4, 0.5) is 5.69 Å². The summed E-state index contributed by atoms with van der Waals surface area (Å²) >= 11 is 12.5. The topological polar surface area (TPSA) is 45.7 Å². The molecule has 0 radical (unpaired) electrons. The van der Waals surface area contributed by atoms with Crippen LogP contribution in [0, 0.1) is 0 Å². The highest BCUT2D eigenvalue weighted by Gasteiger charge is 2.21. The van der Waals surface area contributed by atoms with E-state index in [2.05, 4.69) is 21.8 Å². The van der Waals surface area contributed by atoms with Crippen LogP contribution in [-0.4, -0.2) is 55.7 Å². The molecule has 7 heteroatoms. The van der Waals surface area contributed by atoms with Crippen molar-refractivity contribution in [2.45, 2.75) is 6.92 Å². The second kappa shape index (κ2) is 7.13. The minimum absolute atomic E-state index is 0.275. The van der Waals surface area contributed by atoms with E-state index in [0.717, 1.165) is 37.3 Å². The smallest absolute Gasteiger partial charge is 0.357 e. The first-order valence-corrected chi connectivity index (χ1v) is 8.65. The molecule has 24 heavy (non-hydrogen) atoms. The molecule has 1 saturated heterocycles. The van der Waals surface area contributed by atoms with Crippen molar-refractivity contribution in [2.24, 2.45) is 0 Å². The van der Waals surface area contributed by atoms with Gasteiger partial charge >= 0.3 is 5.97 Å². The van der Waals surface area contributed by atoms with Crippen LogP contribution in [0.25, 0.3) is 10.9 Å². The van der Waals surface area contributed by atoms with Crippen molar-refractivity contribution in [1.29, 1.82) is 0 Å². The van der Waals surface area contributed by atoms with E-state index in [-0.39, 0.29) is 5.69 Å². The highest BCUT2D eigenvalue weighted by atomic mass is 35.5. The van der Waals surface area contributed by atoms with Gasteiger partial charge in [0.1, 0.15) is 0 Å². The number of carbonyl (C=O) groups excluding carboxylic acids is 1. The first kappa shape index (κ1) is 17.3. The fourth-order valence-electron chi connectivity index (χ4n) is 2.87. The van der Waals surface area contributed by atoms with Gasteiger partial charge in [-0.1, -0.05) is 23.2 Å². The van der Waals surface area contributed by atoms with Crippen LogP contribution in [0.1, 0.15) is 17.4 Å². The summed E-state index contributed by atoms with van der Waals surface area (Å²) in [5, 5.41) is 1.85. The van der Waals surface area contributed by atoms with Gasteiger partial charge in [0.25, 0.3) is 0 Å². The van der Waals surface area contributed by atoms with Crippen LogP contribution >= 0.6 is 23.2 Å². The third kappa shape index (κ3) is 3.43. The summed E-state index contributed by atoms with van der Waals surface area (Å²) in [7, 11) is 2.10. The lowest BCUT2D eigenvalue weighted by molar-refractivity contribution is 0.0520. The van der Waals surface area contributed by atoms with E-state index in [4.69, 9.17) is 27.9 Å². The van der Waals surface area contributed by atoms with Gasteiger partial charge < -0.3 is 14.5 Å². The van der Waals surface area contributed by atoms with E-state index in [1.54, 1.807) is 25.1 Å². The molecule has 1 fully saturated rings. The third-order valence-electron chi connectivity index (χ3n) is 4.13.